The first kappa shape index (κ1) is 15.5. The summed E-state index contributed by atoms with van der Waals surface area (Å²) in [4.78, 5) is 23.4. The van der Waals surface area contributed by atoms with E-state index in [9.17, 15) is 9.59 Å². The highest BCUT2D eigenvalue weighted by molar-refractivity contribution is 5.83. The summed E-state index contributed by atoms with van der Waals surface area (Å²) in [6, 6.07) is 8.52. The Kier molecular flexibility index (Phi) is 5.33. The SMILES string of the molecule is CC1CCNC(C(=O)NC(CC(=O)O)c2ccccc2)C1. The molecule has 0 bridgehead atoms. The van der Waals surface area contributed by atoms with E-state index in [2.05, 4.69) is 17.6 Å². The highest BCUT2D eigenvalue weighted by Crippen LogP contribution is 2.19. The largest absolute Gasteiger partial charge is 0.481 e. The van der Waals surface area contributed by atoms with E-state index in [1.165, 1.54) is 0 Å². The fourth-order valence-corrected chi connectivity index (χ4v) is 2.69. The Morgan fingerprint density at radius 1 is 1.38 bits per heavy atom. The van der Waals surface area contributed by atoms with Gasteiger partial charge in [0.05, 0.1) is 18.5 Å². The number of amides is 1. The van der Waals surface area contributed by atoms with Gasteiger partial charge in [-0.15, -0.1) is 0 Å². The molecule has 1 aliphatic heterocycles. The number of nitrogens with one attached hydrogen (secondary N) is 2. The molecule has 3 atom stereocenters. The van der Waals surface area contributed by atoms with E-state index < -0.39 is 12.0 Å². The molecule has 1 aliphatic rings. The van der Waals surface area contributed by atoms with Crippen molar-refractivity contribution in [3.63, 3.8) is 0 Å². The van der Waals surface area contributed by atoms with E-state index in [1.807, 2.05) is 30.3 Å². The summed E-state index contributed by atoms with van der Waals surface area (Å²) in [5, 5.41) is 15.1. The number of benzene rings is 1. The van der Waals surface area contributed by atoms with Crippen LogP contribution in [0, 0.1) is 5.92 Å². The Hall–Kier alpha value is -1.88. The summed E-state index contributed by atoms with van der Waals surface area (Å²) in [5.74, 6) is -0.526. The van der Waals surface area contributed by atoms with Crippen LogP contribution in [0.4, 0.5) is 0 Å². The monoisotopic (exact) mass is 290 g/mol. The van der Waals surface area contributed by atoms with Gasteiger partial charge in [0.25, 0.3) is 0 Å². The lowest BCUT2D eigenvalue weighted by Gasteiger charge is -2.29. The number of piperidine rings is 1. The van der Waals surface area contributed by atoms with Crippen LogP contribution in [-0.4, -0.2) is 29.6 Å². The van der Waals surface area contributed by atoms with Gasteiger partial charge in [0.15, 0.2) is 0 Å². The van der Waals surface area contributed by atoms with Gasteiger partial charge in [-0.05, 0) is 30.9 Å². The van der Waals surface area contributed by atoms with E-state index in [0.29, 0.717) is 5.92 Å². The first-order valence-corrected chi connectivity index (χ1v) is 7.36. The predicted molar refractivity (Wildman–Crippen MR) is 79.8 cm³/mol. The van der Waals surface area contributed by atoms with Crippen molar-refractivity contribution in [3.8, 4) is 0 Å². The third-order valence-corrected chi connectivity index (χ3v) is 3.88. The Morgan fingerprint density at radius 2 is 2.10 bits per heavy atom. The van der Waals surface area contributed by atoms with Gasteiger partial charge < -0.3 is 15.7 Å². The molecule has 1 aromatic carbocycles. The fraction of sp³-hybridized carbons (Fsp3) is 0.500. The third kappa shape index (κ3) is 4.56. The molecule has 5 nitrogen and oxygen atoms in total. The van der Waals surface area contributed by atoms with E-state index in [4.69, 9.17) is 5.11 Å². The maximum Gasteiger partial charge on any atom is 0.305 e. The van der Waals surface area contributed by atoms with Crippen molar-refractivity contribution in [2.24, 2.45) is 5.92 Å². The molecular formula is C16H22N2O3. The zero-order valence-corrected chi connectivity index (χ0v) is 12.2. The Labute approximate surface area is 124 Å². The molecule has 0 spiro atoms. The number of hydrogen-bond acceptors (Lipinski definition) is 3. The third-order valence-electron chi connectivity index (χ3n) is 3.88. The number of aliphatic carboxylic acids is 1. The van der Waals surface area contributed by atoms with Crippen molar-refractivity contribution in [3.05, 3.63) is 35.9 Å². The van der Waals surface area contributed by atoms with Gasteiger partial charge in [-0.1, -0.05) is 37.3 Å². The average molecular weight is 290 g/mol. The Morgan fingerprint density at radius 3 is 2.71 bits per heavy atom. The maximum absolute atomic E-state index is 12.3. The first-order chi connectivity index (χ1) is 10.1. The molecule has 0 saturated carbocycles. The van der Waals surface area contributed by atoms with Crippen LogP contribution < -0.4 is 10.6 Å². The Balaban J connectivity index is 2.04. The molecule has 0 radical (unpaired) electrons. The van der Waals surface area contributed by atoms with Gasteiger partial charge in [-0.2, -0.15) is 0 Å². The molecule has 1 amide bonds. The number of carboxylic acid groups (broad SMARTS) is 1. The van der Waals surface area contributed by atoms with E-state index in [-0.39, 0.29) is 18.4 Å². The van der Waals surface area contributed by atoms with Crippen LogP contribution >= 0.6 is 0 Å². The summed E-state index contributed by atoms with van der Waals surface area (Å²) >= 11 is 0. The first-order valence-electron chi connectivity index (χ1n) is 7.36. The minimum absolute atomic E-state index is 0.113. The minimum atomic E-state index is -0.922. The fourth-order valence-electron chi connectivity index (χ4n) is 2.69. The lowest BCUT2D eigenvalue weighted by molar-refractivity contribution is -0.137. The number of carboxylic acids is 1. The number of carbonyl (C=O) groups is 2. The van der Waals surface area contributed by atoms with Crippen molar-refractivity contribution < 1.29 is 14.7 Å². The van der Waals surface area contributed by atoms with Gasteiger partial charge in [0, 0.05) is 0 Å². The van der Waals surface area contributed by atoms with Crippen LogP contribution in [0.2, 0.25) is 0 Å². The molecule has 0 aliphatic carbocycles. The smallest absolute Gasteiger partial charge is 0.305 e. The van der Waals surface area contributed by atoms with Crippen LogP contribution in [0.5, 0.6) is 0 Å². The molecule has 5 heteroatoms. The van der Waals surface area contributed by atoms with Crippen LogP contribution in [0.15, 0.2) is 30.3 Å². The van der Waals surface area contributed by atoms with Crippen LogP contribution in [0.25, 0.3) is 0 Å². The van der Waals surface area contributed by atoms with Gasteiger partial charge in [-0.3, -0.25) is 9.59 Å². The molecule has 1 aromatic rings. The highest BCUT2D eigenvalue weighted by atomic mass is 16.4. The van der Waals surface area contributed by atoms with Gasteiger partial charge >= 0.3 is 5.97 Å². The van der Waals surface area contributed by atoms with Gasteiger partial charge in [-0.25, -0.2) is 0 Å². The van der Waals surface area contributed by atoms with Crippen LogP contribution in [-0.2, 0) is 9.59 Å². The van der Waals surface area contributed by atoms with E-state index in [0.717, 1.165) is 24.9 Å². The second-order valence-electron chi connectivity index (χ2n) is 5.71. The van der Waals surface area contributed by atoms with Crippen molar-refractivity contribution in [1.29, 1.82) is 0 Å². The molecule has 3 N–H and O–H groups in total. The lowest BCUT2D eigenvalue weighted by atomic mass is 9.93. The highest BCUT2D eigenvalue weighted by Gasteiger charge is 2.27. The molecular weight excluding hydrogens is 268 g/mol. The van der Waals surface area contributed by atoms with Crippen molar-refractivity contribution in [2.45, 2.75) is 38.3 Å². The van der Waals surface area contributed by atoms with Crippen molar-refractivity contribution in [1.82, 2.24) is 10.6 Å². The topological polar surface area (TPSA) is 78.4 Å². The summed E-state index contributed by atoms with van der Waals surface area (Å²) < 4.78 is 0. The van der Waals surface area contributed by atoms with E-state index in [1.54, 1.807) is 0 Å². The Bertz CT molecular complexity index is 490. The lowest BCUT2D eigenvalue weighted by Crippen LogP contribution is -2.49. The molecule has 114 valence electrons. The molecule has 3 unspecified atom stereocenters. The standard InChI is InChI=1S/C16H22N2O3/c1-11-7-8-17-14(9-11)16(21)18-13(10-15(19)20)12-5-3-2-4-6-12/h2-6,11,13-14,17H,7-10H2,1H3,(H,18,21)(H,19,20). The summed E-state index contributed by atoms with van der Waals surface area (Å²) in [5.41, 5.74) is 0.817. The molecule has 21 heavy (non-hydrogen) atoms. The second kappa shape index (κ2) is 7.22. The number of hydrogen-bond donors (Lipinski definition) is 3. The quantitative estimate of drug-likeness (QED) is 0.771. The molecule has 1 saturated heterocycles. The molecule has 1 heterocycles. The van der Waals surface area contributed by atoms with Crippen LogP contribution in [0.3, 0.4) is 0 Å². The summed E-state index contributed by atoms with van der Waals surface area (Å²) in [6.07, 6.45) is 1.75. The molecule has 2 rings (SSSR count). The molecule has 0 aromatic heterocycles. The predicted octanol–water partition coefficient (Wildman–Crippen LogP) is 1.71. The summed E-state index contributed by atoms with van der Waals surface area (Å²) in [7, 11) is 0. The number of rotatable bonds is 5. The van der Waals surface area contributed by atoms with Gasteiger partial charge in [0.1, 0.15) is 0 Å². The normalized spacial score (nSPS) is 23.3. The van der Waals surface area contributed by atoms with Crippen molar-refractivity contribution in [2.75, 3.05) is 6.54 Å². The number of carbonyl (C=O) groups excluding carboxylic acids is 1. The zero-order chi connectivity index (χ0) is 15.2. The molecule has 1 fully saturated rings. The van der Waals surface area contributed by atoms with Crippen LogP contribution in [0.1, 0.15) is 37.8 Å². The van der Waals surface area contributed by atoms with E-state index >= 15 is 0 Å². The minimum Gasteiger partial charge on any atom is -0.481 e. The second-order valence-corrected chi connectivity index (χ2v) is 5.71. The maximum atomic E-state index is 12.3. The summed E-state index contributed by atoms with van der Waals surface area (Å²) in [6.45, 7) is 2.96. The average Bonchev–Trinajstić information content (AvgIpc) is 2.47. The van der Waals surface area contributed by atoms with Gasteiger partial charge in [0.2, 0.25) is 5.91 Å². The van der Waals surface area contributed by atoms with Crippen molar-refractivity contribution >= 4 is 11.9 Å². The zero-order valence-electron chi connectivity index (χ0n) is 12.2.